The van der Waals surface area contributed by atoms with Gasteiger partial charge in [0.15, 0.2) is 0 Å². The summed E-state index contributed by atoms with van der Waals surface area (Å²) in [7, 11) is 0. The van der Waals surface area contributed by atoms with Crippen molar-refractivity contribution in [2.75, 3.05) is 6.54 Å². The zero-order chi connectivity index (χ0) is 14.3. The smallest absolute Gasteiger partial charge is 0.223 e. The van der Waals surface area contributed by atoms with Gasteiger partial charge in [0.25, 0.3) is 0 Å². The molecule has 0 bridgehead atoms. The van der Waals surface area contributed by atoms with Gasteiger partial charge in [0.05, 0.1) is 6.10 Å². The van der Waals surface area contributed by atoms with E-state index in [0.29, 0.717) is 30.8 Å². The topological polar surface area (TPSA) is 49.3 Å². The Bertz CT molecular complexity index is 409. The van der Waals surface area contributed by atoms with Crippen molar-refractivity contribution < 1.29 is 9.90 Å². The molecule has 0 radical (unpaired) electrons. The molecular weight excluding hydrogens is 262 g/mol. The highest BCUT2D eigenvalue weighted by Gasteiger charge is 2.14. The molecule has 1 rings (SSSR count). The lowest BCUT2D eigenvalue weighted by atomic mass is 10.0. The molecule has 0 heterocycles. The van der Waals surface area contributed by atoms with Gasteiger partial charge < -0.3 is 10.4 Å². The number of hydrogen-bond acceptors (Lipinski definition) is 2. The van der Waals surface area contributed by atoms with Crippen molar-refractivity contribution in [2.24, 2.45) is 5.92 Å². The second kappa shape index (κ2) is 8.18. The number of carbonyl (C=O) groups excluding carboxylic acids is 1. The number of benzene rings is 1. The highest BCUT2D eigenvalue weighted by atomic mass is 35.5. The van der Waals surface area contributed by atoms with Crippen molar-refractivity contribution in [1.82, 2.24) is 5.32 Å². The minimum absolute atomic E-state index is 0.00298. The summed E-state index contributed by atoms with van der Waals surface area (Å²) >= 11 is 6.07. The summed E-state index contributed by atoms with van der Waals surface area (Å²) in [4.78, 5) is 11.9. The van der Waals surface area contributed by atoms with Crippen LogP contribution in [0, 0.1) is 5.92 Å². The van der Waals surface area contributed by atoms with Crippen molar-refractivity contribution in [1.29, 1.82) is 0 Å². The van der Waals surface area contributed by atoms with E-state index in [1.165, 1.54) is 0 Å². The summed E-state index contributed by atoms with van der Waals surface area (Å²) in [6.07, 6.45) is 1.60. The zero-order valence-corrected chi connectivity index (χ0v) is 12.3. The Labute approximate surface area is 120 Å². The van der Waals surface area contributed by atoms with E-state index in [-0.39, 0.29) is 17.9 Å². The largest absolute Gasteiger partial charge is 0.393 e. The third kappa shape index (κ3) is 5.62. The standard InChI is InChI=1S/C15H22ClNO2/c1-3-13(18)8-9-17-15(19)11(2)10-12-6-4-5-7-14(12)16/h4-7,11,13,18H,3,8-10H2,1-2H3,(H,17,19). The molecule has 0 aliphatic heterocycles. The van der Waals surface area contributed by atoms with Crippen molar-refractivity contribution in [3.05, 3.63) is 34.9 Å². The van der Waals surface area contributed by atoms with E-state index < -0.39 is 0 Å². The Kier molecular flexibility index (Phi) is 6.89. The Balaban J connectivity index is 2.39. The number of halogens is 1. The average molecular weight is 284 g/mol. The van der Waals surface area contributed by atoms with Gasteiger partial charge in [-0.25, -0.2) is 0 Å². The number of carbonyl (C=O) groups is 1. The maximum absolute atomic E-state index is 11.9. The highest BCUT2D eigenvalue weighted by Crippen LogP contribution is 2.18. The third-order valence-electron chi connectivity index (χ3n) is 3.18. The van der Waals surface area contributed by atoms with E-state index in [1.807, 2.05) is 38.1 Å². The molecule has 2 unspecified atom stereocenters. The van der Waals surface area contributed by atoms with Crippen LogP contribution < -0.4 is 5.32 Å². The Hall–Kier alpha value is -1.06. The maximum Gasteiger partial charge on any atom is 0.223 e. The van der Waals surface area contributed by atoms with Crippen LogP contribution in [0.5, 0.6) is 0 Å². The highest BCUT2D eigenvalue weighted by molar-refractivity contribution is 6.31. The van der Waals surface area contributed by atoms with E-state index in [9.17, 15) is 9.90 Å². The lowest BCUT2D eigenvalue weighted by Crippen LogP contribution is -2.32. The summed E-state index contributed by atoms with van der Waals surface area (Å²) in [5.41, 5.74) is 0.986. The first-order chi connectivity index (χ1) is 9.04. The van der Waals surface area contributed by atoms with Crippen LogP contribution in [0.1, 0.15) is 32.3 Å². The lowest BCUT2D eigenvalue weighted by molar-refractivity contribution is -0.124. The fourth-order valence-corrected chi connectivity index (χ4v) is 2.04. The predicted molar refractivity (Wildman–Crippen MR) is 78.2 cm³/mol. The van der Waals surface area contributed by atoms with Gasteiger partial charge in [-0.2, -0.15) is 0 Å². The van der Waals surface area contributed by atoms with Gasteiger partial charge in [-0.1, -0.05) is 43.6 Å². The first-order valence-corrected chi connectivity index (χ1v) is 7.11. The normalized spacial score (nSPS) is 13.9. The molecule has 0 aliphatic rings. The number of aliphatic hydroxyl groups excluding tert-OH is 1. The minimum Gasteiger partial charge on any atom is -0.393 e. The molecule has 0 aromatic heterocycles. The maximum atomic E-state index is 11.9. The SMILES string of the molecule is CCC(O)CCNC(=O)C(C)Cc1ccccc1Cl. The molecule has 1 aromatic carbocycles. The van der Waals surface area contributed by atoms with Crippen LogP contribution in [0.15, 0.2) is 24.3 Å². The second-order valence-electron chi connectivity index (χ2n) is 4.84. The van der Waals surface area contributed by atoms with Gasteiger partial charge in [0.2, 0.25) is 5.91 Å². The van der Waals surface area contributed by atoms with Crippen LogP contribution in [0.25, 0.3) is 0 Å². The number of amides is 1. The van der Waals surface area contributed by atoms with Gasteiger partial charge in [0, 0.05) is 17.5 Å². The van der Waals surface area contributed by atoms with Gasteiger partial charge in [-0.15, -0.1) is 0 Å². The van der Waals surface area contributed by atoms with Crippen LogP contribution in [0.2, 0.25) is 5.02 Å². The third-order valence-corrected chi connectivity index (χ3v) is 3.55. The summed E-state index contributed by atoms with van der Waals surface area (Å²) in [6.45, 7) is 4.32. The Morgan fingerprint density at radius 2 is 2.11 bits per heavy atom. The summed E-state index contributed by atoms with van der Waals surface area (Å²) in [5, 5.41) is 13.0. The van der Waals surface area contributed by atoms with Crippen LogP contribution in [0.3, 0.4) is 0 Å². The fourth-order valence-electron chi connectivity index (χ4n) is 1.83. The first-order valence-electron chi connectivity index (χ1n) is 6.73. The van der Waals surface area contributed by atoms with Crippen LogP contribution in [0.4, 0.5) is 0 Å². The average Bonchev–Trinajstić information content (AvgIpc) is 2.40. The van der Waals surface area contributed by atoms with Crippen LogP contribution in [-0.2, 0) is 11.2 Å². The minimum atomic E-state index is -0.334. The predicted octanol–water partition coefficient (Wildman–Crippen LogP) is 2.80. The van der Waals surface area contributed by atoms with E-state index in [2.05, 4.69) is 5.32 Å². The van der Waals surface area contributed by atoms with Crippen molar-refractivity contribution in [2.45, 2.75) is 39.2 Å². The lowest BCUT2D eigenvalue weighted by Gasteiger charge is -2.14. The van der Waals surface area contributed by atoms with Gasteiger partial charge in [-0.05, 0) is 30.9 Å². The number of rotatable bonds is 7. The summed E-state index contributed by atoms with van der Waals surface area (Å²) in [6, 6.07) is 7.57. The molecular formula is C15H22ClNO2. The number of aliphatic hydroxyl groups is 1. The molecule has 3 nitrogen and oxygen atoms in total. The van der Waals surface area contributed by atoms with Crippen molar-refractivity contribution in [3.8, 4) is 0 Å². The van der Waals surface area contributed by atoms with E-state index in [4.69, 9.17) is 11.6 Å². The Morgan fingerprint density at radius 1 is 1.42 bits per heavy atom. The molecule has 106 valence electrons. The molecule has 2 atom stereocenters. The van der Waals surface area contributed by atoms with Crippen LogP contribution >= 0.6 is 11.6 Å². The second-order valence-corrected chi connectivity index (χ2v) is 5.25. The molecule has 0 aliphatic carbocycles. The molecule has 0 fully saturated rings. The summed E-state index contributed by atoms with van der Waals surface area (Å²) in [5.74, 6) is -0.123. The molecule has 0 saturated carbocycles. The molecule has 4 heteroatoms. The van der Waals surface area contributed by atoms with Crippen molar-refractivity contribution in [3.63, 3.8) is 0 Å². The number of hydrogen-bond donors (Lipinski definition) is 2. The Morgan fingerprint density at radius 3 is 2.74 bits per heavy atom. The fraction of sp³-hybridized carbons (Fsp3) is 0.533. The van der Waals surface area contributed by atoms with Gasteiger partial charge in [0.1, 0.15) is 0 Å². The molecule has 2 N–H and O–H groups in total. The molecule has 1 aromatic rings. The molecule has 0 saturated heterocycles. The number of nitrogens with one attached hydrogen (secondary N) is 1. The van der Waals surface area contributed by atoms with Gasteiger partial charge in [-0.3, -0.25) is 4.79 Å². The van der Waals surface area contributed by atoms with Crippen molar-refractivity contribution >= 4 is 17.5 Å². The van der Waals surface area contributed by atoms with E-state index in [1.54, 1.807) is 0 Å². The first kappa shape index (κ1) is 16.0. The molecule has 0 spiro atoms. The van der Waals surface area contributed by atoms with Crippen LogP contribution in [-0.4, -0.2) is 23.7 Å². The van der Waals surface area contributed by atoms with E-state index >= 15 is 0 Å². The van der Waals surface area contributed by atoms with Gasteiger partial charge >= 0.3 is 0 Å². The molecule has 1 amide bonds. The zero-order valence-electron chi connectivity index (χ0n) is 11.5. The molecule has 19 heavy (non-hydrogen) atoms. The van der Waals surface area contributed by atoms with E-state index in [0.717, 1.165) is 5.56 Å². The quantitative estimate of drug-likeness (QED) is 0.808. The monoisotopic (exact) mass is 283 g/mol. The summed E-state index contributed by atoms with van der Waals surface area (Å²) < 4.78 is 0.